The van der Waals surface area contributed by atoms with Crippen LogP contribution in [0.1, 0.15) is 182 Å². The highest BCUT2D eigenvalue weighted by Gasteiger charge is 2.22. The van der Waals surface area contributed by atoms with Crippen molar-refractivity contribution in [2.24, 2.45) is 11.8 Å². The van der Waals surface area contributed by atoms with Gasteiger partial charge in [0, 0.05) is 22.3 Å². The monoisotopic (exact) mass is 763 g/mol. The van der Waals surface area contributed by atoms with Gasteiger partial charge in [0.2, 0.25) is 0 Å². The first-order valence-electron chi connectivity index (χ1n) is 22.8. The van der Waals surface area contributed by atoms with Gasteiger partial charge in [-0.1, -0.05) is 121 Å². The van der Waals surface area contributed by atoms with Crippen molar-refractivity contribution in [3.63, 3.8) is 0 Å². The van der Waals surface area contributed by atoms with Gasteiger partial charge in [0.25, 0.3) is 0 Å². The van der Waals surface area contributed by atoms with Gasteiger partial charge in [-0.2, -0.15) is 0 Å². The van der Waals surface area contributed by atoms with Crippen LogP contribution in [0.15, 0.2) is 97.1 Å². The predicted molar refractivity (Wildman–Crippen MR) is 242 cm³/mol. The summed E-state index contributed by atoms with van der Waals surface area (Å²) in [6.45, 7) is 10.6. The summed E-state index contributed by atoms with van der Waals surface area (Å²) < 4.78 is 11.5. The molecule has 2 nitrogen and oxygen atoms in total. The molecule has 0 spiro atoms. The molecule has 0 radical (unpaired) electrons. The number of unbranched alkanes of at least 4 members (excludes halogenated alkanes) is 3. The van der Waals surface area contributed by atoms with Gasteiger partial charge in [-0.05, 0) is 172 Å². The highest BCUT2D eigenvalue weighted by molar-refractivity contribution is 5.46. The minimum Gasteiger partial charge on any atom is -0.494 e. The molecule has 302 valence electrons. The fourth-order valence-corrected chi connectivity index (χ4v) is 8.50. The summed E-state index contributed by atoms with van der Waals surface area (Å²) in [5.74, 6) is 18.4. The Morgan fingerprint density at radius 1 is 0.386 bits per heavy atom. The van der Waals surface area contributed by atoms with E-state index < -0.39 is 0 Å². The number of ether oxygens (including phenoxy) is 2. The Kier molecular flexibility index (Phi) is 19.2. The lowest BCUT2D eigenvalue weighted by molar-refractivity contribution is 0.306. The van der Waals surface area contributed by atoms with Crippen molar-refractivity contribution in [2.75, 3.05) is 13.2 Å². The molecule has 2 aliphatic rings. The summed E-state index contributed by atoms with van der Waals surface area (Å²) in [6.07, 6.45) is 22.3. The van der Waals surface area contributed by atoms with Gasteiger partial charge in [0.1, 0.15) is 11.5 Å². The van der Waals surface area contributed by atoms with Crippen LogP contribution in [0.25, 0.3) is 0 Å². The Morgan fingerprint density at radius 3 is 1.05 bits per heavy atom. The largest absolute Gasteiger partial charge is 0.494 e. The zero-order chi connectivity index (χ0) is 39.9. The predicted octanol–water partition coefficient (Wildman–Crippen LogP) is 15.1. The van der Waals surface area contributed by atoms with Crippen LogP contribution in [0.3, 0.4) is 0 Å². The van der Waals surface area contributed by atoms with Gasteiger partial charge in [-0.3, -0.25) is 0 Å². The van der Waals surface area contributed by atoms with Gasteiger partial charge in [0.15, 0.2) is 0 Å². The van der Waals surface area contributed by atoms with Crippen LogP contribution in [-0.4, -0.2) is 13.2 Å². The van der Waals surface area contributed by atoms with Gasteiger partial charge >= 0.3 is 0 Å². The van der Waals surface area contributed by atoms with E-state index in [0.29, 0.717) is 0 Å². The van der Waals surface area contributed by atoms with Crippen molar-refractivity contribution in [3.8, 4) is 35.2 Å². The normalized spacial score (nSPS) is 18.8. The van der Waals surface area contributed by atoms with E-state index >= 15 is 0 Å². The summed E-state index contributed by atoms with van der Waals surface area (Å²) in [4.78, 5) is 0. The zero-order valence-corrected chi connectivity index (χ0v) is 35.8. The Balaban J connectivity index is 0.000000218. The molecule has 2 saturated carbocycles. The molecule has 0 heterocycles. The van der Waals surface area contributed by atoms with Crippen molar-refractivity contribution >= 4 is 0 Å². The smallest absolute Gasteiger partial charge is 0.119 e. The third-order valence-electron chi connectivity index (χ3n) is 12.0. The molecule has 2 heteroatoms. The lowest BCUT2D eigenvalue weighted by atomic mass is 9.77. The molecule has 0 amide bonds. The molecular weight excluding hydrogens is 693 g/mol. The van der Waals surface area contributed by atoms with Crippen LogP contribution in [0, 0.1) is 35.5 Å². The second-order valence-electron chi connectivity index (χ2n) is 16.6. The summed E-state index contributed by atoms with van der Waals surface area (Å²) in [5.41, 5.74) is 7.23. The van der Waals surface area contributed by atoms with Crippen molar-refractivity contribution in [1.29, 1.82) is 0 Å². The van der Waals surface area contributed by atoms with Gasteiger partial charge in [-0.25, -0.2) is 0 Å². The number of hydrogen-bond donors (Lipinski definition) is 0. The molecule has 2 aliphatic carbocycles. The lowest BCUT2D eigenvalue weighted by Gasteiger charge is -2.28. The quantitative estimate of drug-likeness (QED) is 0.0887. The first-order chi connectivity index (χ1) is 28.1. The molecular formula is C55H70O2. The molecule has 0 bridgehead atoms. The molecule has 0 aliphatic heterocycles. The molecule has 0 aromatic heterocycles. The Hall–Kier alpha value is -4.40. The van der Waals surface area contributed by atoms with Crippen LogP contribution < -0.4 is 9.47 Å². The topological polar surface area (TPSA) is 18.5 Å². The van der Waals surface area contributed by atoms with Crippen LogP contribution in [0.2, 0.25) is 0 Å². The highest BCUT2D eigenvalue weighted by atomic mass is 16.5. The van der Waals surface area contributed by atoms with E-state index in [2.05, 4.69) is 99.9 Å². The molecule has 0 unspecified atom stereocenters. The van der Waals surface area contributed by atoms with Crippen molar-refractivity contribution in [1.82, 2.24) is 0 Å². The van der Waals surface area contributed by atoms with Crippen LogP contribution >= 0.6 is 0 Å². The molecule has 2 fully saturated rings. The summed E-state index contributed by atoms with van der Waals surface area (Å²) in [7, 11) is 0. The summed E-state index contributed by atoms with van der Waals surface area (Å²) in [5, 5.41) is 0. The fraction of sp³-hybridized carbons (Fsp3) is 0.491. The third-order valence-corrected chi connectivity index (χ3v) is 12.0. The Morgan fingerprint density at radius 2 is 0.719 bits per heavy atom. The molecule has 0 saturated heterocycles. The maximum Gasteiger partial charge on any atom is 0.119 e. The Bertz CT molecular complexity index is 1800. The first kappa shape index (κ1) is 43.7. The number of hydrogen-bond acceptors (Lipinski definition) is 2. The van der Waals surface area contributed by atoms with Crippen molar-refractivity contribution < 1.29 is 9.47 Å². The average molecular weight is 763 g/mol. The van der Waals surface area contributed by atoms with E-state index in [1.807, 2.05) is 48.5 Å². The van der Waals surface area contributed by atoms with Crippen LogP contribution in [-0.2, 0) is 0 Å². The number of benzene rings is 4. The molecule has 57 heavy (non-hydrogen) atoms. The summed E-state index contributed by atoms with van der Waals surface area (Å²) >= 11 is 0. The van der Waals surface area contributed by atoms with E-state index in [1.54, 1.807) is 0 Å². The maximum atomic E-state index is 5.77. The fourth-order valence-electron chi connectivity index (χ4n) is 8.50. The molecule has 4 aromatic rings. The van der Waals surface area contributed by atoms with E-state index in [1.165, 1.54) is 101 Å². The molecule has 0 atom stereocenters. The van der Waals surface area contributed by atoms with Crippen molar-refractivity contribution in [3.05, 3.63) is 130 Å². The molecule has 4 aromatic carbocycles. The zero-order valence-electron chi connectivity index (χ0n) is 35.8. The minimum atomic E-state index is 0.745. The second kappa shape index (κ2) is 25.1. The van der Waals surface area contributed by atoms with E-state index in [4.69, 9.17) is 9.47 Å². The van der Waals surface area contributed by atoms with Gasteiger partial charge in [0.05, 0.1) is 13.2 Å². The minimum absolute atomic E-state index is 0.745. The standard InChI is InChI=1S/C28H36O.C27H34O/c1-3-5-6-22-29-28-20-14-25(15-21-28)9-8-24-12-18-27(19-13-24)26-16-10-23(7-4-2)11-17-26;1-3-5-21-28-27-19-13-24(14-20-27)8-7-23-11-17-26(18-12-23)25-15-9-22(6-4-2)10-16-25/h12-15,18-21,23,26H,3-7,10-11,16-17,22H2,1-2H3;11-14,17-20,22,25H,3-6,9-10,15-16,21H2,1-2H3/t23-,26-;22-,25-. The maximum absolute atomic E-state index is 5.77. The van der Waals surface area contributed by atoms with Gasteiger partial charge < -0.3 is 9.47 Å². The first-order valence-corrected chi connectivity index (χ1v) is 22.8. The van der Waals surface area contributed by atoms with E-state index in [-0.39, 0.29) is 0 Å². The molecule has 0 N–H and O–H groups in total. The SMILES string of the molecule is CCCCCOc1ccc(C#Cc2ccc([C@H]3CC[C@H](CCC)CC3)cc2)cc1.CCCCOc1ccc(C#Cc2ccc([C@H]3CC[C@H](CCC)CC3)cc2)cc1. The Labute approximate surface area is 347 Å². The lowest BCUT2D eigenvalue weighted by Crippen LogP contribution is -2.13. The second-order valence-corrected chi connectivity index (χ2v) is 16.6. The summed E-state index contributed by atoms with van der Waals surface area (Å²) in [6, 6.07) is 34.1. The average Bonchev–Trinajstić information content (AvgIpc) is 3.26. The van der Waals surface area contributed by atoms with E-state index in [0.717, 1.165) is 89.9 Å². The van der Waals surface area contributed by atoms with Gasteiger partial charge in [-0.15, -0.1) is 0 Å². The van der Waals surface area contributed by atoms with Crippen molar-refractivity contribution in [2.45, 2.75) is 149 Å². The number of rotatable bonds is 15. The molecule has 6 rings (SSSR count). The van der Waals surface area contributed by atoms with E-state index in [9.17, 15) is 0 Å². The van der Waals surface area contributed by atoms with Crippen LogP contribution in [0.4, 0.5) is 0 Å². The highest BCUT2D eigenvalue weighted by Crippen LogP contribution is 2.38. The van der Waals surface area contributed by atoms with Crippen LogP contribution in [0.5, 0.6) is 11.5 Å². The third kappa shape index (κ3) is 15.5.